The molecule has 0 aliphatic rings. The van der Waals surface area contributed by atoms with Gasteiger partial charge in [-0.3, -0.25) is 9.89 Å². The third kappa shape index (κ3) is 2.94. The topological polar surface area (TPSA) is 72.3 Å². The highest BCUT2D eigenvalue weighted by Gasteiger charge is 2.00. The van der Waals surface area contributed by atoms with Gasteiger partial charge in [0, 0.05) is 0 Å². The Bertz CT molecular complexity index is 733. The van der Waals surface area contributed by atoms with Crippen LogP contribution in [-0.2, 0) is 0 Å². The molecule has 0 aliphatic carbocycles. The predicted molar refractivity (Wildman–Crippen MR) is 74.4 cm³/mol. The van der Waals surface area contributed by atoms with Crippen LogP contribution in [0, 0.1) is 11.7 Å². The Hall–Kier alpha value is -2.28. The summed E-state index contributed by atoms with van der Waals surface area (Å²) in [5.74, 6) is 0.715. The van der Waals surface area contributed by atoms with Crippen molar-refractivity contribution in [3.63, 3.8) is 0 Å². The SMILES string of the molecule is COc1cccc(/C=N/n2c(=S)[nH]nc(C)c2=O)c1. The molecule has 1 N–H and O–H groups in total. The molecule has 0 bridgehead atoms. The number of aryl methyl sites for hydroxylation is 1. The summed E-state index contributed by atoms with van der Waals surface area (Å²) in [6, 6.07) is 7.31. The predicted octanol–water partition coefficient (Wildman–Crippen LogP) is 1.50. The number of nitrogens with zero attached hydrogens (tertiary/aromatic N) is 3. The van der Waals surface area contributed by atoms with Gasteiger partial charge in [0.25, 0.3) is 5.56 Å². The molecular formula is C12H12N4O2S. The zero-order valence-electron chi connectivity index (χ0n) is 10.5. The average molecular weight is 276 g/mol. The number of rotatable bonds is 3. The molecule has 19 heavy (non-hydrogen) atoms. The van der Waals surface area contributed by atoms with E-state index in [-0.39, 0.29) is 10.3 Å². The molecule has 6 nitrogen and oxygen atoms in total. The number of hydrogen-bond donors (Lipinski definition) is 1. The minimum atomic E-state index is -0.345. The Balaban J connectivity index is 2.41. The molecule has 0 spiro atoms. The van der Waals surface area contributed by atoms with E-state index in [1.807, 2.05) is 18.2 Å². The quantitative estimate of drug-likeness (QED) is 0.681. The van der Waals surface area contributed by atoms with Gasteiger partial charge in [-0.25, -0.2) is 0 Å². The van der Waals surface area contributed by atoms with E-state index in [2.05, 4.69) is 15.3 Å². The summed E-state index contributed by atoms with van der Waals surface area (Å²) in [6.45, 7) is 1.59. The number of nitrogens with one attached hydrogen (secondary N) is 1. The van der Waals surface area contributed by atoms with E-state index in [1.165, 1.54) is 6.21 Å². The minimum absolute atomic E-state index is 0.148. The van der Waals surface area contributed by atoms with Gasteiger partial charge in [-0.15, -0.1) is 0 Å². The summed E-state index contributed by atoms with van der Waals surface area (Å²) in [5.41, 5.74) is 0.759. The Labute approximate surface area is 114 Å². The monoisotopic (exact) mass is 276 g/mol. The van der Waals surface area contributed by atoms with E-state index >= 15 is 0 Å². The van der Waals surface area contributed by atoms with Crippen molar-refractivity contribution in [2.24, 2.45) is 5.10 Å². The second-order valence-corrected chi connectivity index (χ2v) is 4.14. The van der Waals surface area contributed by atoms with Crippen molar-refractivity contribution in [1.82, 2.24) is 14.9 Å². The van der Waals surface area contributed by atoms with Crippen molar-refractivity contribution in [2.45, 2.75) is 6.92 Å². The van der Waals surface area contributed by atoms with Crippen molar-refractivity contribution in [3.8, 4) is 5.75 Å². The molecule has 1 aromatic heterocycles. The molecule has 1 heterocycles. The number of aromatic amines is 1. The number of benzene rings is 1. The highest BCUT2D eigenvalue weighted by molar-refractivity contribution is 7.71. The van der Waals surface area contributed by atoms with Gasteiger partial charge in [-0.1, -0.05) is 12.1 Å². The maximum absolute atomic E-state index is 11.8. The van der Waals surface area contributed by atoms with E-state index in [0.29, 0.717) is 11.4 Å². The summed E-state index contributed by atoms with van der Waals surface area (Å²) in [5, 5.41) is 10.4. The van der Waals surface area contributed by atoms with Crippen LogP contribution in [0.1, 0.15) is 11.3 Å². The Kier molecular flexibility index (Phi) is 3.86. The maximum atomic E-state index is 11.8. The number of methoxy groups -OCH3 is 1. The molecule has 0 saturated heterocycles. The second-order valence-electron chi connectivity index (χ2n) is 3.75. The lowest BCUT2D eigenvalue weighted by atomic mass is 10.2. The number of hydrogen-bond acceptors (Lipinski definition) is 5. The molecule has 0 fully saturated rings. The normalized spacial score (nSPS) is 10.8. The van der Waals surface area contributed by atoms with Crippen LogP contribution in [-0.4, -0.2) is 28.2 Å². The molecule has 2 rings (SSSR count). The Morgan fingerprint density at radius 1 is 1.53 bits per heavy atom. The summed E-state index contributed by atoms with van der Waals surface area (Å²) in [6.07, 6.45) is 1.53. The molecule has 98 valence electrons. The van der Waals surface area contributed by atoms with Gasteiger partial charge in [0.05, 0.1) is 13.3 Å². The van der Waals surface area contributed by atoms with Crippen LogP contribution in [0.4, 0.5) is 0 Å². The van der Waals surface area contributed by atoms with E-state index in [4.69, 9.17) is 17.0 Å². The number of ether oxygens (including phenoxy) is 1. The van der Waals surface area contributed by atoms with Crippen molar-refractivity contribution in [2.75, 3.05) is 7.11 Å². The molecule has 2 aromatic rings. The van der Waals surface area contributed by atoms with Gasteiger partial charge >= 0.3 is 0 Å². The first-order valence-electron chi connectivity index (χ1n) is 5.48. The van der Waals surface area contributed by atoms with Crippen molar-refractivity contribution < 1.29 is 4.74 Å². The van der Waals surface area contributed by atoms with E-state index in [0.717, 1.165) is 10.2 Å². The van der Waals surface area contributed by atoms with Gasteiger partial charge in [-0.05, 0) is 36.8 Å². The lowest BCUT2D eigenvalue weighted by molar-refractivity contribution is 0.414. The Morgan fingerprint density at radius 3 is 3.05 bits per heavy atom. The first-order valence-corrected chi connectivity index (χ1v) is 5.89. The highest BCUT2D eigenvalue weighted by Crippen LogP contribution is 2.10. The van der Waals surface area contributed by atoms with E-state index < -0.39 is 0 Å². The van der Waals surface area contributed by atoms with Crippen LogP contribution in [0.3, 0.4) is 0 Å². The standard InChI is InChI=1S/C12H12N4O2S/c1-8-11(17)16(12(19)15-14-8)13-7-9-4-3-5-10(6-9)18-2/h3-7H,1-2H3,(H,15,19)/b13-7+. The van der Waals surface area contributed by atoms with Gasteiger partial charge in [0.1, 0.15) is 11.4 Å². The van der Waals surface area contributed by atoms with Gasteiger partial charge < -0.3 is 4.74 Å². The average Bonchev–Trinajstić information content (AvgIpc) is 2.43. The number of aromatic nitrogens is 3. The highest BCUT2D eigenvalue weighted by atomic mass is 32.1. The maximum Gasteiger partial charge on any atom is 0.296 e. The third-order valence-corrected chi connectivity index (χ3v) is 2.69. The summed E-state index contributed by atoms with van der Waals surface area (Å²) in [4.78, 5) is 11.8. The summed E-state index contributed by atoms with van der Waals surface area (Å²) >= 11 is 4.97. The zero-order chi connectivity index (χ0) is 13.8. The Morgan fingerprint density at radius 2 is 2.32 bits per heavy atom. The molecule has 0 saturated carbocycles. The third-order valence-electron chi connectivity index (χ3n) is 2.43. The molecule has 0 radical (unpaired) electrons. The fourth-order valence-corrected chi connectivity index (χ4v) is 1.60. The van der Waals surface area contributed by atoms with Crippen molar-refractivity contribution >= 4 is 18.4 Å². The largest absolute Gasteiger partial charge is 0.497 e. The molecular weight excluding hydrogens is 264 g/mol. The first kappa shape index (κ1) is 13.2. The molecule has 0 aliphatic heterocycles. The summed E-state index contributed by atoms with van der Waals surface area (Å²) in [7, 11) is 1.59. The van der Waals surface area contributed by atoms with Crippen molar-refractivity contribution in [1.29, 1.82) is 0 Å². The van der Waals surface area contributed by atoms with Gasteiger partial charge in [0.15, 0.2) is 0 Å². The van der Waals surface area contributed by atoms with Gasteiger partial charge in [-0.2, -0.15) is 14.9 Å². The fraction of sp³-hybridized carbons (Fsp3) is 0.167. The molecule has 0 atom stereocenters. The zero-order valence-corrected chi connectivity index (χ0v) is 11.3. The summed E-state index contributed by atoms with van der Waals surface area (Å²) < 4.78 is 6.35. The number of H-pyrrole nitrogens is 1. The lowest BCUT2D eigenvalue weighted by Crippen LogP contribution is -2.22. The van der Waals surface area contributed by atoms with Crippen LogP contribution >= 0.6 is 12.2 Å². The lowest BCUT2D eigenvalue weighted by Gasteiger charge is -2.01. The van der Waals surface area contributed by atoms with E-state index in [9.17, 15) is 4.79 Å². The molecule has 7 heteroatoms. The van der Waals surface area contributed by atoms with Crippen LogP contribution in [0.15, 0.2) is 34.2 Å². The van der Waals surface area contributed by atoms with Crippen LogP contribution in [0.25, 0.3) is 0 Å². The molecule has 0 amide bonds. The van der Waals surface area contributed by atoms with Gasteiger partial charge in [0.2, 0.25) is 4.77 Å². The molecule has 0 unspecified atom stereocenters. The fourth-order valence-electron chi connectivity index (χ4n) is 1.42. The molecule has 1 aromatic carbocycles. The second kappa shape index (κ2) is 5.57. The van der Waals surface area contributed by atoms with Crippen LogP contribution < -0.4 is 10.3 Å². The smallest absolute Gasteiger partial charge is 0.296 e. The van der Waals surface area contributed by atoms with Crippen LogP contribution in [0.2, 0.25) is 0 Å². The minimum Gasteiger partial charge on any atom is -0.497 e. The van der Waals surface area contributed by atoms with Crippen LogP contribution in [0.5, 0.6) is 5.75 Å². The first-order chi connectivity index (χ1) is 9.11. The van der Waals surface area contributed by atoms with Crippen molar-refractivity contribution in [3.05, 3.63) is 50.6 Å². The van der Waals surface area contributed by atoms with E-state index in [1.54, 1.807) is 20.1 Å².